The van der Waals surface area contributed by atoms with E-state index in [1.165, 1.54) is 23.1 Å². The number of carbonyl (C=O) groups excluding carboxylic acids is 3. The summed E-state index contributed by atoms with van der Waals surface area (Å²) in [4.78, 5) is 40.9. The molecule has 3 amide bonds. The second-order valence-corrected chi connectivity index (χ2v) is 13.8. The largest absolute Gasteiger partial charge is 0.321 e. The molecule has 5 aromatic carbocycles. The molecule has 1 atom stereocenters. The van der Waals surface area contributed by atoms with Gasteiger partial charge in [-0.25, -0.2) is 0 Å². The van der Waals surface area contributed by atoms with Crippen molar-refractivity contribution in [2.75, 3.05) is 10.6 Å². The number of aryl methyl sites for hydroxylation is 1. The molecule has 0 aliphatic carbocycles. The topological polar surface area (TPSA) is 111 Å². The van der Waals surface area contributed by atoms with E-state index in [-0.39, 0.29) is 11.6 Å². The fourth-order valence-corrected chi connectivity index (χ4v) is 7.15. The molecule has 0 fully saturated rings. The Morgan fingerprint density at radius 3 is 2.34 bits per heavy atom. The zero-order valence-electron chi connectivity index (χ0n) is 27.3. The number of rotatable bonds is 10. The Labute approximate surface area is 298 Å². The smallest absolute Gasteiger partial charge is 0.272 e. The van der Waals surface area contributed by atoms with Crippen molar-refractivity contribution < 1.29 is 14.4 Å². The molecule has 0 saturated heterocycles. The predicted molar refractivity (Wildman–Crippen MR) is 204 cm³/mol. The maximum atomic E-state index is 13.8. The maximum Gasteiger partial charge on any atom is 0.272 e. The van der Waals surface area contributed by atoms with Crippen molar-refractivity contribution in [2.45, 2.75) is 24.0 Å². The van der Waals surface area contributed by atoms with Crippen LogP contribution in [0.25, 0.3) is 28.0 Å². The van der Waals surface area contributed by atoms with Crippen LogP contribution < -0.4 is 16.0 Å². The summed E-state index contributed by atoms with van der Waals surface area (Å²) in [5.41, 5.74) is 5.03. The van der Waals surface area contributed by atoms with Crippen molar-refractivity contribution in [3.05, 3.63) is 155 Å². The minimum absolute atomic E-state index is 0.0789. The first kappa shape index (κ1) is 33.9. The number of hydrogen-bond acceptors (Lipinski definition) is 6. The molecule has 1 unspecified atom stereocenters. The van der Waals surface area contributed by atoms with Crippen LogP contribution >= 0.6 is 23.1 Å². The number of anilines is 2. The molecule has 246 valence electrons. The van der Waals surface area contributed by atoms with Gasteiger partial charge in [-0.3, -0.25) is 14.4 Å². The van der Waals surface area contributed by atoms with Crippen molar-refractivity contribution in [1.29, 1.82) is 5.26 Å². The van der Waals surface area contributed by atoms with Gasteiger partial charge in [0.2, 0.25) is 5.91 Å². The predicted octanol–water partition coefficient (Wildman–Crippen LogP) is 9.28. The third kappa shape index (κ3) is 8.01. The molecule has 1 aromatic heterocycles. The molecule has 0 aliphatic rings. The maximum absolute atomic E-state index is 13.8. The molecule has 50 heavy (non-hydrogen) atoms. The summed E-state index contributed by atoms with van der Waals surface area (Å²) >= 11 is 2.65. The summed E-state index contributed by atoms with van der Waals surface area (Å²) < 4.78 is 0. The van der Waals surface area contributed by atoms with Crippen molar-refractivity contribution >= 4 is 68.4 Å². The molecule has 6 rings (SSSR count). The number of nitriles is 1. The summed E-state index contributed by atoms with van der Waals surface area (Å²) in [6.45, 7) is 3.79. The molecule has 0 saturated carbocycles. The number of thiophene rings is 1. The first-order valence-electron chi connectivity index (χ1n) is 15.8. The van der Waals surface area contributed by atoms with E-state index in [0.29, 0.717) is 21.8 Å². The Kier molecular flexibility index (Phi) is 10.5. The number of amides is 3. The Balaban J connectivity index is 1.18. The number of hydrogen-bond donors (Lipinski definition) is 3. The number of carbonyl (C=O) groups is 3. The normalized spacial score (nSPS) is 11.7. The van der Waals surface area contributed by atoms with Gasteiger partial charge in [0.25, 0.3) is 11.8 Å². The zero-order valence-corrected chi connectivity index (χ0v) is 28.9. The van der Waals surface area contributed by atoms with E-state index in [9.17, 15) is 19.6 Å². The molecule has 0 aliphatic heterocycles. The number of benzene rings is 5. The SMILES string of the molecule is Cc1ccc(-c2csc(NC(=O)C(C)Sc3cccc(NC(=O)/C(=C\c4cccc5ccccc45)NC(=O)c4ccccc4)c3)c2C#N)cc1. The van der Waals surface area contributed by atoms with Crippen LogP contribution in [0.2, 0.25) is 0 Å². The third-order valence-electron chi connectivity index (χ3n) is 7.93. The minimum Gasteiger partial charge on any atom is -0.321 e. The molecule has 9 heteroatoms. The Hall–Kier alpha value is -5.95. The molecule has 6 aromatic rings. The van der Waals surface area contributed by atoms with Crippen LogP contribution in [0.3, 0.4) is 0 Å². The van der Waals surface area contributed by atoms with Gasteiger partial charge in [-0.1, -0.05) is 96.6 Å². The third-order valence-corrected chi connectivity index (χ3v) is 9.92. The fourth-order valence-electron chi connectivity index (χ4n) is 5.30. The van der Waals surface area contributed by atoms with Crippen LogP contribution in [-0.4, -0.2) is 23.0 Å². The summed E-state index contributed by atoms with van der Waals surface area (Å²) in [7, 11) is 0. The van der Waals surface area contributed by atoms with Gasteiger partial charge >= 0.3 is 0 Å². The van der Waals surface area contributed by atoms with Gasteiger partial charge in [0, 0.05) is 27.1 Å². The quantitative estimate of drug-likeness (QED) is 0.0979. The van der Waals surface area contributed by atoms with Gasteiger partial charge in [0.1, 0.15) is 16.8 Å². The van der Waals surface area contributed by atoms with Gasteiger partial charge in [-0.15, -0.1) is 23.1 Å². The van der Waals surface area contributed by atoms with Gasteiger partial charge in [0.15, 0.2) is 0 Å². The molecule has 3 N–H and O–H groups in total. The second kappa shape index (κ2) is 15.5. The lowest BCUT2D eigenvalue weighted by atomic mass is 10.0. The van der Waals surface area contributed by atoms with Crippen molar-refractivity contribution in [2.24, 2.45) is 0 Å². The van der Waals surface area contributed by atoms with Gasteiger partial charge in [-0.2, -0.15) is 5.26 Å². The van der Waals surface area contributed by atoms with Gasteiger partial charge in [-0.05, 0) is 72.2 Å². The van der Waals surface area contributed by atoms with Crippen LogP contribution in [0.5, 0.6) is 0 Å². The lowest BCUT2D eigenvalue weighted by Gasteiger charge is -2.14. The second-order valence-electron chi connectivity index (χ2n) is 11.5. The average Bonchev–Trinajstić information content (AvgIpc) is 3.54. The molecular formula is C41H32N4O3S2. The number of fused-ring (bicyclic) bond motifs is 1. The summed E-state index contributed by atoms with van der Waals surface area (Å²) in [5, 5.41) is 22.4. The standard InChI is InChI=1S/C41H32N4O3S2/c1-26-18-20-29(21-19-26)36-25-49-41(35(36)24-42)45-38(46)27(2)50-33-16-9-15-32(23-33)43-40(48)37(44-39(47)30-11-4-3-5-12-30)22-31-14-8-13-28-10-6-7-17-34(28)31/h3-23,25,27H,1-2H3,(H,43,48)(H,44,47)(H,45,46)/b37-22+. The van der Waals surface area contributed by atoms with Crippen molar-refractivity contribution in [1.82, 2.24) is 5.32 Å². The number of thioether (sulfide) groups is 1. The Morgan fingerprint density at radius 1 is 0.840 bits per heavy atom. The Bertz CT molecular complexity index is 2270. The van der Waals surface area contributed by atoms with Crippen molar-refractivity contribution in [3.8, 4) is 17.2 Å². The van der Waals surface area contributed by atoms with E-state index >= 15 is 0 Å². The highest BCUT2D eigenvalue weighted by molar-refractivity contribution is 8.00. The van der Waals surface area contributed by atoms with Crippen LogP contribution in [-0.2, 0) is 9.59 Å². The minimum atomic E-state index is -0.510. The highest BCUT2D eigenvalue weighted by Crippen LogP contribution is 2.36. The van der Waals surface area contributed by atoms with Crippen LogP contribution in [0.4, 0.5) is 10.7 Å². The zero-order chi connectivity index (χ0) is 35.0. The van der Waals surface area contributed by atoms with Crippen molar-refractivity contribution in [3.63, 3.8) is 0 Å². The van der Waals surface area contributed by atoms with E-state index in [1.54, 1.807) is 55.5 Å². The molecule has 7 nitrogen and oxygen atoms in total. The fraction of sp³-hybridized carbons (Fsp3) is 0.0732. The van der Waals surface area contributed by atoms with Crippen LogP contribution in [0.15, 0.2) is 137 Å². The van der Waals surface area contributed by atoms with E-state index in [0.717, 1.165) is 37.9 Å². The lowest BCUT2D eigenvalue weighted by Crippen LogP contribution is -2.30. The molecule has 1 heterocycles. The lowest BCUT2D eigenvalue weighted by molar-refractivity contribution is -0.115. The van der Waals surface area contributed by atoms with Gasteiger partial charge < -0.3 is 16.0 Å². The monoisotopic (exact) mass is 692 g/mol. The van der Waals surface area contributed by atoms with E-state index in [4.69, 9.17) is 0 Å². The molecular weight excluding hydrogens is 661 g/mol. The first-order valence-corrected chi connectivity index (χ1v) is 17.6. The molecule has 0 bridgehead atoms. The van der Waals surface area contributed by atoms with Crippen LogP contribution in [0, 0.1) is 18.3 Å². The number of nitrogens with zero attached hydrogens (tertiary/aromatic N) is 1. The van der Waals surface area contributed by atoms with E-state index in [2.05, 4.69) is 22.0 Å². The highest BCUT2D eigenvalue weighted by Gasteiger charge is 2.21. The number of nitrogens with one attached hydrogen (secondary N) is 3. The van der Waals surface area contributed by atoms with Crippen LogP contribution in [0.1, 0.15) is 34.0 Å². The first-order chi connectivity index (χ1) is 24.3. The molecule has 0 radical (unpaired) electrons. The summed E-state index contributed by atoms with van der Waals surface area (Å²) in [5.74, 6) is -1.16. The summed E-state index contributed by atoms with van der Waals surface area (Å²) in [6.07, 6.45) is 1.67. The summed E-state index contributed by atoms with van der Waals surface area (Å²) in [6, 6.07) is 39.7. The average molecular weight is 693 g/mol. The molecule has 0 spiro atoms. The highest BCUT2D eigenvalue weighted by atomic mass is 32.2. The van der Waals surface area contributed by atoms with Gasteiger partial charge in [0.05, 0.1) is 10.8 Å². The van der Waals surface area contributed by atoms with E-state index < -0.39 is 17.1 Å². The Morgan fingerprint density at radius 2 is 1.56 bits per heavy atom. The van der Waals surface area contributed by atoms with E-state index in [1.807, 2.05) is 91.2 Å².